The van der Waals surface area contributed by atoms with Crippen molar-refractivity contribution in [3.05, 3.63) is 46.2 Å². The van der Waals surface area contributed by atoms with Crippen LogP contribution in [0.5, 0.6) is 0 Å². The summed E-state index contributed by atoms with van der Waals surface area (Å²) in [5, 5.41) is 6.54. The number of nitrogens with one attached hydrogen (secondary N) is 2. The van der Waals surface area contributed by atoms with Crippen LogP contribution in [0.2, 0.25) is 5.02 Å². The molecule has 0 bridgehead atoms. The Morgan fingerprint density at radius 3 is 2.77 bits per heavy atom. The Bertz CT molecular complexity index is 688. The Labute approximate surface area is 135 Å². The van der Waals surface area contributed by atoms with Gasteiger partial charge in [0.15, 0.2) is 0 Å². The summed E-state index contributed by atoms with van der Waals surface area (Å²) in [6, 6.07) is 7.05. The van der Waals surface area contributed by atoms with Gasteiger partial charge in [-0.1, -0.05) is 24.6 Å². The summed E-state index contributed by atoms with van der Waals surface area (Å²) in [7, 11) is 0. The van der Waals surface area contributed by atoms with Gasteiger partial charge >= 0.3 is 0 Å². The third-order valence-electron chi connectivity index (χ3n) is 3.14. The quantitative estimate of drug-likeness (QED) is 0.879. The first-order valence-electron chi connectivity index (χ1n) is 7.17. The molecule has 2 rings (SSSR count). The molecule has 1 aromatic heterocycles. The highest BCUT2D eigenvalue weighted by molar-refractivity contribution is 6.31. The van der Waals surface area contributed by atoms with Crippen molar-refractivity contribution in [3.8, 4) is 0 Å². The van der Waals surface area contributed by atoms with Gasteiger partial charge < -0.3 is 10.6 Å². The van der Waals surface area contributed by atoms with E-state index in [1.165, 1.54) is 0 Å². The molecule has 0 radical (unpaired) electrons. The van der Waals surface area contributed by atoms with Gasteiger partial charge in [0.25, 0.3) is 5.91 Å². The highest BCUT2D eigenvalue weighted by Crippen LogP contribution is 2.23. The summed E-state index contributed by atoms with van der Waals surface area (Å²) < 4.78 is 0. The number of nitrogens with zero attached hydrogens (tertiary/aromatic N) is 2. The zero-order valence-corrected chi connectivity index (χ0v) is 13.7. The highest BCUT2D eigenvalue weighted by atomic mass is 35.5. The largest absolute Gasteiger partial charge is 0.354 e. The molecule has 2 aromatic rings. The Kier molecular flexibility index (Phi) is 5.33. The van der Waals surface area contributed by atoms with Crippen molar-refractivity contribution in [2.45, 2.75) is 27.2 Å². The number of carbonyl (C=O) groups excluding carboxylic acids is 1. The first-order chi connectivity index (χ1) is 10.5. The molecule has 0 saturated heterocycles. The molecular weight excluding hydrogens is 300 g/mol. The maximum atomic E-state index is 12.4. The third-order valence-corrected chi connectivity index (χ3v) is 3.55. The van der Waals surface area contributed by atoms with Gasteiger partial charge in [0.2, 0.25) is 5.95 Å². The molecule has 116 valence electrons. The summed E-state index contributed by atoms with van der Waals surface area (Å²) in [6.45, 7) is 6.51. The molecule has 1 heterocycles. The smallest absolute Gasteiger partial charge is 0.274 e. The molecular formula is C16H19ClN4O. The van der Waals surface area contributed by atoms with E-state index in [2.05, 4.69) is 27.5 Å². The van der Waals surface area contributed by atoms with Crippen molar-refractivity contribution in [2.24, 2.45) is 0 Å². The number of halogens is 1. The van der Waals surface area contributed by atoms with E-state index >= 15 is 0 Å². The summed E-state index contributed by atoms with van der Waals surface area (Å²) in [6.07, 6.45) is 0.959. The number of aromatic nitrogens is 2. The second-order valence-electron chi connectivity index (χ2n) is 5.01. The zero-order chi connectivity index (χ0) is 16.1. The lowest BCUT2D eigenvalue weighted by Crippen LogP contribution is -2.17. The molecule has 0 aliphatic rings. The van der Waals surface area contributed by atoms with Crippen LogP contribution in [0, 0.1) is 13.8 Å². The van der Waals surface area contributed by atoms with Crippen LogP contribution in [-0.4, -0.2) is 22.4 Å². The lowest BCUT2D eigenvalue weighted by Gasteiger charge is -2.10. The van der Waals surface area contributed by atoms with E-state index in [9.17, 15) is 4.79 Å². The second-order valence-corrected chi connectivity index (χ2v) is 5.42. The number of benzene rings is 1. The molecule has 5 nitrogen and oxygen atoms in total. The lowest BCUT2D eigenvalue weighted by molar-refractivity contribution is 0.102. The van der Waals surface area contributed by atoms with Crippen molar-refractivity contribution >= 4 is 29.1 Å². The second kappa shape index (κ2) is 7.22. The van der Waals surface area contributed by atoms with Crippen LogP contribution in [0.15, 0.2) is 24.3 Å². The number of aryl methyl sites for hydroxylation is 1. The van der Waals surface area contributed by atoms with Gasteiger partial charge in [-0.15, -0.1) is 0 Å². The molecule has 1 aromatic carbocycles. The fourth-order valence-electron chi connectivity index (χ4n) is 1.93. The Morgan fingerprint density at radius 1 is 1.27 bits per heavy atom. The minimum absolute atomic E-state index is 0.282. The number of rotatable bonds is 5. The summed E-state index contributed by atoms with van der Waals surface area (Å²) >= 11 is 6.06. The molecule has 0 atom stereocenters. The number of hydrogen-bond acceptors (Lipinski definition) is 4. The average Bonchev–Trinajstić information content (AvgIpc) is 2.49. The van der Waals surface area contributed by atoms with Crippen molar-refractivity contribution in [1.29, 1.82) is 0 Å². The number of hydrogen-bond donors (Lipinski definition) is 2. The van der Waals surface area contributed by atoms with Gasteiger partial charge in [0.1, 0.15) is 5.69 Å². The van der Waals surface area contributed by atoms with Gasteiger partial charge in [-0.2, -0.15) is 0 Å². The van der Waals surface area contributed by atoms with E-state index in [4.69, 9.17) is 11.6 Å². The maximum Gasteiger partial charge on any atom is 0.274 e. The van der Waals surface area contributed by atoms with Crippen LogP contribution in [-0.2, 0) is 0 Å². The summed E-state index contributed by atoms with van der Waals surface area (Å²) in [4.78, 5) is 20.9. The molecule has 0 aliphatic heterocycles. The number of amides is 1. The third kappa shape index (κ3) is 3.95. The van der Waals surface area contributed by atoms with Gasteiger partial charge in [-0.3, -0.25) is 4.79 Å². The van der Waals surface area contributed by atoms with Crippen LogP contribution in [0.3, 0.4) is 0 Å². The van der Waals surface area contributed by atoms with E-state index in [1.54, 1.807) is 18.2 Å². The van der Waals surface area contributed by atoms with Gasteiger partial charge in [-0.25, -0.2) is 9.97 Å². The molecule has 0 unspecified atom stereocenters. The minimum atomic E-state index is -0.282. The van der Waals surface area contributed by atoms with Crippen molar-refractivity contribution in [3.63, 3.8) is 0 Å². The fourth-order valence-corrected chi connectivity index (χ4v) is 2.10. The number of carbonyl (C=O) groups is 1. The van der Waals surface area contributed by atoms with Crippen molar-refractivity contribution < 1.29 is 4.79 Å². The monoisotopic (exact) mass is 318 g/mol. The molecule has 1 amide bonds. The maximum absolute atomic E-state index is 12.4. The summed E-state index contributed by atoms with van der Waals surface area (Å²) in [5.41, 5.74) is 2.57. The van der Waals surface area contributed by atoms with Crippen LogP contribution < -0.4 is 10.6 Å². The van der Waals surface area contributed by atoms with E-state index in [0.29, 0.717) is 22.4 Å². The van der Waals surface area contributed by atoms with E-state index in [-0.39, 0.29) is 5.91 Å². The normalized spacial score (nSPS) is 10.4. The fraction of sp³-hybridized carbons (Fsp3) is 0.312. The van der Waals surface area contributed by atoms with Crippen LogP contribution in [0.25, 0.3) is 0 Å². The molecule has 2 N–H and O–H groups in total. The SMILES string of the molecule is CCCNc1nc(C)cc(C(=O)Nc2cccc(Cl)c2C)n1. The molecule has 6 heteroatoms. The lowest BCUT2D eigenvalue weighted by atomic mass is 10.2. The zero-order valence-electron chi connectivity index (χ0n) is 12.9. The van der Waals surface area contributed by atoms with Crippen molar-refractivity contribution in [2.75, 3.05) is 17.2 Å². The van der Waals surface area contributed by atoms with Gasteiger partial charge in [0.05, 0.1) is 0 Å². The van der Waals surface area contributed by atoms with Crippen LogP contribution in [0.4, 0.5) is 11.6 Å². The predicted octanol–water partition coefficient (Wildman–Crippen LogP) is 3.82. The standard InChI is InChI=1S/C16H19ClN4O/c1-4-8-18-16-19-10(2)9-14(21-16)15(22)20-13-7-5-6-12(17)11(13)3/h5-7,9H,4,8H2,1-3H3,(H,20,22)(H,18,19,21). The minimum Gasteiger partial charge on any atom is -0.354 e. The Hall–Kier alpha value is -2.14. The molecule has 22 heavy (non-hydrogen) atoms. The highest BCUT2D eigenvalue weighted by Gasteiger charge is 2.12. The average molecular weight is 319 g/mol. The Morgan fingerprint density at radius 2 is 2.05 bits per heavy atom. The van der Waals surface area contributed by atoms with E-state index in [1.807, 2.05) is 19.9 Å². The Balaban J connectivity index is 2.22. The van der Waals surface area contributed by atoms with Gasteiger partial charge in [-0.05, 0) is 44.0 Å². The summed E-state index contributed by atoms with van der Waals surface area (Å²) in [5.74, 6) is 0.185. The topological polar surface area (TPSA) is 66.9 Å². The van der Waals surface area contributed by atoms with Crippen LogP contribution >= 0.6 is 11.6 Å². The van der Waals surface area contributed by atoms with Crippen LogP contribution in [0.1, 0.15) is 35.1 Å². The predicted molar refractivity (Wildman–Crippen MR) is 89.7 cm³/mol. The molecule has 0 fully saturated rings. The van der Waals surface area contributed by atoms with Gasteiger partial charge in [0, 0.05) is 22.9 Å². The first-order valence-corrected chi connectivity index (χ1v) is 7.55. The molecule has 0 saturated carbocycles. The van der Waals surface area contributed by atoms with E-state index in [0.717, 1.165) is 24.2 Å². The molecule has 0 spiro atoms. The molecule has 0 aliphatic carbocycles. The first kappa shape index (κ1) is 16.2. The van der Waals surface area contributed by atoms with E-state index < -0.39 is 0 Å². The van der Waals surface area contributed by atoms with Crippen molar-refractivity contribution in [1.82, 2.24) is 9.97 Å². The number of anilines is 2.